The minimum absolute atomic E-state index is 0.322. The van der Waals surface area contributed by atoms with Crippen molar-refractivity contribution < 1.29 is 5.11 Å². The molecule has 0 amide bonds. The maximum Gasteiger partial charge on any atom is 0.0431 e. The maximum atomic E-state index is 8.70. The smallest absolute Gasteiger partial charge is 0.0431 e. The molecule has 0 saturated heterocycles. The Balaban J connectivity index is 2.29. The Morgan fingerprint density at radius 3 is 2.67 bits per heavy atom. The molecule has 1 aromatic carbocycles. The molecule has 2 N–H and O–H groups in total. The minimum Gasteiger partial charge on any atom is -0.396 e. The molecule has 0 bridgehead atoms. The van der Waals surface area contributed by atoms with Crippen molar-refractivity contribution in [2.24, 2.45) is 0 Å². The Kier molecular flexibility index (Phi) is 8.31. The van der Waals surface area contributed by atoms with E-state index in [9.17, 15) is 0 Å². The first-order chi connectivity index (χ1) is 8.77. The van der Waals surface area contributed by atoms with Crippen LogP contribution in [0.25, 0.3) is 0 Å². The van der Waals surface area contributed by atoms with E-state index >= 15 is 0 Å². The molecule has 0 radical (unpaired) electrons. The highest BCUT2D eigenvalue weighted by molar-refractivity contribution is 9.10. The average molecular weight is 314 g/mol. The van der Waals surface area contributed by atoms with Crippen molar-refractivity contribution in [2.75, 3.05) is 13.2 Å². The number of benzene rings is 1. The fraction of sp³-hybridized carbons (Fsp3) is 0.600. The topological polar surface area (TPSA) is 32.3 Å². The molecule has 1 rings (SSSR count). The summed E-state index contributed by atoms with van der Waals surface area (Å²) in [7, 11) is 0. The van der Waals surface area contributed by atoms with Crippen LogP contribution in [0.2, 0.25) is 0 Å². The molecule has 0 fully saturated rings. The zero-order valence-electron chi connectivity index (χ0n) is 11.2. The van der Waals surface area contributed by atoms with Gasteiger partial charge >= 0.3 is 0 Å². The van der Waals surface area contributed by atoms with Crippen LogP contribution in [-0.2, 0) is 0 Å². The standard InChI is InChI=1S/C15H24BrNO/c1-2-15(13-8-7-9-14(16)12-13)17-10-5-3-4-6-11-18/h7-9,12,15,17-18H,2-6,10-11H2,1H3. The molecule has 0 aliphatic carbocycles. The van der Waals surface area contributed by atoms with Crippen molar-refractivity contribution in [1.29, 1.82) is 0 Å². The van der Waals surface area contributed by atoms with Crippen LogP contribution in [-0.4, -0.2) is 18.3 Å². The van der Waals surface area contributed by atoms with Gasteiger partial charge in [0, 0.05) is 17.1 Å². The van der Waals surface area contributed by atoms with E-state index in [1.54, 1.807) is 0 Å². The zero-order chi connectivity index (χ0) is 13.2. The third-order valence-electron chi connectivity index (χ3n) is 3.13. The van der Waals surface area contributed by atoms with Gasteiger partial charge < -0.3 is 10.4 Å². The van der Waals surface area contributed by atoms with E-state index in [2.05, 4.69) is 52.4 Å². The highest BCUT2D eigenvalue weighted by atomic mass is 79.9. The van der Waals surface area contributed by atoms with E-state index in [0.717, 1.165) is 30.3 Å². The molecule has 1 aromatic rings. The maximum absolute atomic E-state index is 8.70. The molecular weight excluding hydrogens is 290 g/mol. The number of rotatable bonds is 9. The monoisotopic (exact) mass is 313 g/mol. The van der Waals surface area contributed by atoms with Crippen molar-refractivity contribution in [3.63, 3.8) is 0 Å². The van der Waals surface area contributed by atoms with E-state index in [0.29, 0.717) is 12.6 Å². The lowest BCUT2D eigenvalue weighted by atomic mass is 10.0. The minimum atomic E-state index is 0.322. The Hall–Kier alpha value is -0.380. The molecule has 18 heavy (non-hydrogen) atoms. The van der Waals surface area contributed by atoms with Crippen LogP contribution < -0.4 is 5.32 Å². The summed E-state index contributed by atoms with van der Waals surface area (Å²) in [4.78, 5) is 0. The molecule has 3 heteroatoms. The summed E-state index contributed by atoms with van der Waals surface area (Å²) in [5, 5.41) is 12.3. The van der Waals surface area contributed by atoms with E-state index in [1.165, 1.54) is 18.4 Å². The van der Waals surface area contributed by atoms with Gasteiger partial charge in [-0.1, -0.05) is 47.8 Å². The van der Waals surface area contributed by atoms with Crippen molar-refractivity contribution in [2.45, 2.75) is 45.1 Å². The predicted molar refractivity (Wildman–Crippen MR) is 80.7 cm³/mol. The summed E-state index contributed by atoms with van der Waals surface area (Å²) in [6.45, 7) is 3.59. The van der Waals surface area contributed by atoms with Crippen molar-refractivity contribution in [1.82, 2.24) is 5.32 Å². The average Bonchev–Trinajstić information content (AvgIpc) is 2.38. The van der Waals surface area contributed by atoms with Crippen molar-refractivity contribution >= 4 is 15.9 Å². The zero-order valence-corrected chi connectivity index (χ0v) is 12.7. The number of unbranched alkanes of at least 4 members (excludes halogenated alkanes) is 3. The van der Waals surface area contributed by atoms with Gasteiger partial charge in [-0.25, -0.2) is 0 Å². The second kappa shape index (κ2) is 9.54. The first-order valence-corrected chi connectivity index (χ1v) is 7.67. The molecule has 0 aliphatic rings. The molecule has 1 unspecified atom stereocenters. The molecular formula is C15H24BrNO. The van der Waals surface area contributed by atoms with Gasteiger partial charge in [0.05, 0.1) is 0 Å². The Labute approximate surface area is 119 Å². The Morgan fingerprint density at radius 2 is 2.00 bits per heavy atom. The third-order valence-corrected chi connectivity index (χ3v) is 3.63. The van der Waals surface area contributed by atoms with Crippen LogP contribution in [0.15, 0.2) is 28.7 Å². The van der Waals surface area contributed by atoms with Gasteiger partial charge in [0.1, 0.15) is 0 Å². The van der Waals surface area contributed by atoms with Crippen LogP contribution >= 0.6 is 15.9 Å². The van der Waals surface area contributed by atoms with Crippen LogP contribution in [0, 0.1) is 0 Å². The normalized spacial score (nSPS) is 12.6. The molecule has 0 heterocycles. The van der Waals surface area contributed by atoms with Gasteiger partial charge in [-0.3, -0.25) is 0 Å². The molecule has 0 aromatic heterocycles. The van der Waals surface area contributed by atoms with Gasteiger partial charge in [-0.05, 0) is 43.5 Å². The van der Waals surface area contributed by atoms with E-state index in [-0.39, 0.29) is 0 Å². The number of nitrogens with one attached hydrogen (secondary N) is 1. The van der Waals surface area contributed by atoms with Crippen LogP contribution in [0.1, 0.15) is 50.6 Å². The van der Waals surface area contributed by atoms with Crippen LogP contribution in [0.5, 0.6) is 0 Å². The summed E-state index contributed by atoms with van der Waals surface area (Å²) in [6, 6.07) is 8.96. The van der Waals surface area contributed by atoms with E-state index in [4.69, 9.17) is 5.11 Å². The second-order valence-electron chi connectivity index (χ2n) is 4.61. The SMILES string of the molecule is CCC(NCCCCCCO)c1cccc(Br)c1. The van der Waals surface area contributed by atoms with Crippen molar-refractivity contribution in [3.8, 4) is 0 Å². The highest BCUT2D eigenvalue weighted by Crippen LogP contribution is 2.20. The lowest BCUT2D eigenvalue weighted by Gasteiger charge is -2.17. The first kappa shape index (κ1) is 15.7. The largest absolute Gasteiger partial charge is 0.396 e. The second-order valence-corrected chi connectivity index (χ2v) is 5.52. The summed E-state index contributed by atoms with van der Waals surface area (Å²) >= 11 is 3.52. The fourth-order valence-corrected chi connectivity index (χ4v) is 2.50. The molecule has 0 aliphatic heterocycles. The third kappa shape index (κ3) is 5.98. The van der Waals surface area contributed by atoms with E-state index < -0.39 is 0 Å². The van der Waals surface area contributed by atoms with Gasteiger partial charge in [0.25, 0.3) is 0 Å². The number of aliphatic hydroxyl groups is 1. The molecule has 2 nitrogen and oxygen atoms in total. The summed E-state index contributed by atoms with van der Waals surface area (Å²) in [5.74, 6) is 0. The Bertz CT molecular complexity index is 330. The van der Waals surface area contributed by atoms with Gasteiger partial charge in [-0.2, -0.15) is 0 Å². The van der Waals surface area contributed by atoms with Gasteiger partial charge in [0.15, 0.2) is 0 Å². The van der Waals surface area contributed by atoms with Crippen molar-refractivity contribution in [3.05, 3.63) is 34.3 Å². The molecule has 0 saturated carbocycles. The summed E-state index contributed by atoms with van der Waals surface area (Å²) < 4.78 is 1.14. The first-order valence-electron chi connectivity index (χ1n) is 6.87. The fourth-order valence-electron chi connectivity index (χ4n) is 2.09. The summed E-state index contributed by atoms with van der Waals surface area (Å²) in [6.07, 6.45) is 5.55. The lowest BCUT2D eigenvalue weighted by molar-refractivity contribution is 0.282. The quantitative estimate of drug-likeness (QED) is 0.674. The van der Waals surface area contributed by atoms with Crippen LogP contribution in [0.4, 0.5) is 0 Å². The molecule has 102 valence electrons. The van der Waals surface area contributed by atoms with Crippen LogP contribution in [0.3, 0.4) is 0 Å². The van der Waals surface area contributed by atoms with E-state index in [1.807, 2.05) is 0 Å². The lowest BCUT2D eigenvalue weighted by Crippen LogP contribution is -2.21. The Morgan fingerprint density at radius 1 is 1.22 bits per heavy atom. The summed E-state index contributed by atoms with van der Waals surface area (Å²) in [5.41, 5.74) is 1.35. The predicted octanol–water partition coefficient (Wildman–Crippen LogP) is 4.04. The number of hydrogen-bond donors (Lipinski definition) is 2. The number of aliphatic hydroxyl groups excluding tert-OH is 1. The van der Waals surface area contributed by atoms with Gasteiger partial charge in [-0.15, -0.1) is 0 Å². The molecule has 1 atom stereocenters. The molecule has 0 spiro atoms. The van der Waals surface area contributed by atoms with Gasteiger partial charge in [0.2, 0.25) is 0 Å². The number of hydrogen-bond acceptors (Lipinski definition) is 2. The number of halogens is 1. The highest BCUT2D eigenvalue weighted by Gasteiger charge is 2.07.